The van der Waals surface area contributed by atoms with Gasteiger partial charge in [0.15, 0.2) is 0 Å². The van der Waals surface area contributed by atoms with Crippen LogP contribution in [0.25, 0.3) is 0 Å². The van der Waals surface area contributed by atoms with Crippen molar-refractivity contribution in [2.45, 2.75) is 73.6 Å². The van der Waals surface area contributed by atoms with Crippen LogP contribution in [-0.4, -0.2) is 0 Å². The summed E-state index contributed by atoms with van der Waals surface area (Å²) in [6.45, 7) is 14.2. The summed E-state index contributed by atoms with van der Waals surface area (Å²) >= 11 is 0. The fourth-order valence-corrected chi connectivity index (χ4v) is 2.95. The quantitative estimate of drug-likeness (QED) is 0.522. The lowest BCUT2D eigenvalue weighted by Gasteiger charge is -2.39. The highest BCUT2D eigenvalue weighted by Crippen LogP contribution is 2.43. The van der Waals surface area contributed by atoms with Gasteiger partial charge in [0.25, 0.3) is 0 Å². The summed E-state index contributed by atoms with van der Waals surface area (Å²) in [7, 11) is 0. The van der Waals surface area contributed by atoms with E-state index < -0.39 is 0 Å². The average molecular weight is 198 g/mol. The Morgan fingerprint density at radius 2 is 1.29 bits per heavy atom. The van der Waals surface area contributed by atoms with Crippen molar-refractivity contribution in [3.05, 3.63) is 0 Å². The van der Waals surface area contributed by atoms with Crippen LogP contribution in [-0.2, 0) is 0 Å². The van der Waals surface area contributed by atoms with Gasteiger partial charge >= 0.3 is 0 Å². The van der Waals surface area contributed by atoms with Gasteiger partial charge in [-0.05, 0) is 36.5 Å². The lowest BCUT2D eigenvalue weighted by Crippen LogP contribution is -2.29. The molecule has 0 heterocycles. The zero-order valence-electron chi connectivity index (χ0n) is 11.2. The maximum Gasteiger partial charge on any atom is -0.0272 e. The van der Waals surface area contributed by atoms with Gasteiger partial charge in [0.2, 0.25) is 0 Å². The van der Waals surface area contributed by atoms with Crippen LogP contribution in [0.2, 0.25) is 0 Å². The number of rotatable bonds is 7. The van der Waals surface area contributed by atoms with Crippen molar-refractivity contribution < 1.29 is 0 Å². The molecule has 0 aromatic heterocycles. The fraction of sp³-hybridized carbons (Fsp3) is 1.00. The second-order valence-electron chi connectivity index (χ2n) is 5.62. The molecule has 0 spiro atoms. The lowest BCUT2D eigenvalue weighted by atomic mass is 9.66. The van der Waals surface area contributed by atoms with Crippen molar-refractivity contribution in [3.8, 4) is 0 Å². The molecule has 0 saturated carbocycles. The van der Waals surface area contributed by atoms with Crippen LogP contribution in [0.3, 0.4) is 0 Å². The molecule has 0 N–H and O–H groups in total. The molecule has 0 atom stereocenters. The van der Waals surface area contributed by atoms with Crippen molar-refractivity contribution in [2.24, 2.45) is 17.3 Å². The van der Waals surface area contributed by atoms with E-state index in [2.05, 4.69) is 41.5 Å². The predicted octanol–water partition coefficient (Wildman–Crippen LogP) is 5.28. The summed E-state index contributed by atoms with van der Waals surface area (Å²) in [5, 5.41) is 0. The standard InChI is InChI=1S/C14H30/c1-7-9-14(10-8-2,13(5)6)11-12(3)4/h12-13H,7-11H2,1-6H3. The summed E-state index contributed by atoms with van der Waals surface area (Å²) in [5.41, 5.74) is 0.623. The Morgan fingerprint density at radius 3 is 1.50 bits per heavy atom. The van der Waals surface area contributed by atoms with Crippen LogP contribution in [0.4, 0.5) is 0 Å². The molecule has 0 saturated heterocycles. The van der Waals surface area contributed by atoms with E-state index in [1.165, 1.54) is 32.1 Å². The molecule has 0 aliphatic rings. The van der Waals surface area contributed by atoms with Crippen molar-refractivity contribution in [1.29, 1.82) is 0 Å². The fourth-order valence-electron chi connectivity index (χ4n) is 2.95. The topological polar surface area (TPSA) is 0 Å². The van der Waals surface area contributed by atoms with E-state index in [0.29, 0.717) is 5.41 Å². The molecule has 0 amide bonds. The highest BCUT2D eigenvalue weighted by atomic mass is 14.4. The second kappa shape index (κ2) is 6.48. The van der Waals surface area contributed by atoms with E-state index >= 15 is 0 Å². The molecule has 86 valence electrons. The normalized spacial score (nSPS) is 12.9. The van der Waals surface area contributed by atoms with E-state index in [4.69, 9.17) is 0 Å². The Bertz CT molecular complexity index is 127. The molecular weight excluding hydrogens is 168 g/mol. The summed E-state index contributed by atoms with van der Waals surface area (Å²) in [4.78, 5) is 0. The van der Waals surface area contributed by atoms with Gasteiger partial charge in [-0.3, -0.25) is 0 Å². The van der Waals surface area contributed by atoms with Crippen LogP contribution in [0, 0.1) is 17.3 Å². The van der Waals surface area contributed by atoms with Gasteiger partial charge in [0.1, 0.15) is 0 Å². The maximum absolute atomic E-state index is 2.41. The third-order valence-electron chi connectivity index (χ3n) is 3.54. The Kier molecular flexibility index (Phi) is 6.48. The Balaban J connectivity index is 4.55. The van der Waals surface area contributed by atoms with Crippen LogP contribution >= 0.6 is 0 Å². The van der Waals surface area contributed by atoms with Crippen LogP contribution in [0.1, 0.15) is 73.6 Å². The van der Waals surface area contributed by atoms with Gasteiger partial charge in [-0.25, -0.2) is 0 Å². The minimum atomic E-state index is 0.623. The predicted molar refractivity (Wildman–Crippen MR) is 66.5 cm³/mol. The SMILES string of the molecule is CCCC(CCC)(CC(C)C)C(C)C. The van der Waals surface area contributed by atoms with Crippen LogP contribution < -0.4 is 0 Å². The third-order valence-corrected chi connectivity index (χ3v) is 3.54. The number of hydrogen-bond donors (Lipinski definition) is 0. The maximum atomic E-state index is 2.41. The molecule has 0 aliphatic heterocycles. The summed E-state index contributed by atoms with van der Waals surface area (Å²) in [6.07, 6.45) is 6.91. The molecular formula is C14H30. The first-order valence-electron chi connectivity index (χ1n) is 6.48. The second-order valence-corrected chi connectivity index (χ2v) is 5.62. The smallest absolute Gasteiger partial charge is 0.0272 e. The minimum absolute atomic E-state index is 0.623. The Hall–Kier alpha value is 0. The summed E-state index contributed by atoms with van der Waals surface area (Å²) in [5.74, 6) is 1.68. The van der Waals surface area contributed by atoms with Crippen LogP contribution in [0.15, 0.2) is 0 Å². The summed E-state index contributed by atoms with van der Waals surface area (Å²) in [6, 6.07) is 0. The zero-order valence-corrected chi connectivity index (χ0v) is 11.2. The Labute approximate surface area is 91.5 Å². The van der Waals surface area contributed by atoms with Crippen molar-refractivity contribution in [3.63, 3.8) is 0 Å². The van der Waals surface area contributed by atoms with E-state index in [0.717, 1.165) is 11.8 Å². The van der Waals surface area contributed by atoms with Gasteiger partial charge in [-0.1, -0.05) is 54.4 Å². The van der Waals surface area contributed by atoms with Crippen molar-refractivity contribution >= 4 is 0 Å². The first-order chi connectivity index (χ1) is 6.48. The molecule has 0 aromatic rings. The lowest BCUT2D eigenvalue weighted by molar-refractivity contribution is 0.115. The first kappa shape index (κ1) is 14.0. The number of hydrogen-bond acceptors (Lipinski definition) is 0. The average Bonchev–Trinajstić information content (AvgIpc) is 2.03. The minimum Gasteiger partial charge on any atom is -0.0654 e. The zero-order chi connectivity index (χ0) is 11.2. The molecule has 0 unspecified atom stereocenters. The molecule has 0 nitrogen and oxygen atoms in total. The van der Waals surface area contributed by atoms with Gasteiger partial charge in [-0.15, -0.1) is 0 Å². The largest absolute Gasteiger partial charge is 0.0654 e. The molecule has 0 rings (SSSR count). The van der Waals surface area contributed by atoms with Gasteiger partial charge < -0.3 is 0 Å². The van der Waals surface area contributed by atoms with Crippen molar-refractivity contribution in [1.82, 2.24) is 0 Å². The third kappa shape index (κ3) is 4.02. The molecule has 0 aromatic carbocycles. The molecule has 0 radical (unpaired) electrons. The van der Waals surface area contributed by atoms with Crippen LogP contribution in [0.5, 0.6) is 0 Å². The van der Waals surface area contributed by atoms with Gasteiger partial charge in [0.05, 0.1) is 0 Å². The van der Waals surface area contributed by atoms with Gasteiger partial charge in [-0.2, -0.15) is 0 Å². The van der Waals surface area contributed by atoms with E-state index in [-0.39, 0.29) is 0 Å². The van der Waals surface area contributed by atoms with E-state index in [1.54, 1.807) is 0 Å². The summed E-state index contributed by atoms with van der Waals surface area (Å²) < 4.78 is 0. The van der Waals surface area contributed by atoms with E-state index in [9.17, 15) is 0 Å². The molecule has 0 heteroatoms. The van der Waals surface area contributed by atoms with E-state index in [1.807, 2.05) is 0 Å². The van der Waals surface area contributed by atoms with Gasteiger partial charge in [0, 0.05) is 0 Å². The molecule has 0 aliphatic carbocycles. The Morgan fingerprint density at radius 1 is 0.857 bits per heavy atom. The monoisotopic (exact) mass is 198 g/mol. The molecule has 0 bridgehead atoms. The highest BCUT2D eigenvalue weighted by molar-refractivity contribution is 4.82. The molecule has 14 heavy (non-hydrogen) atoms. The molecule has 0 fully saturated rings. The highest BCUT2D eigenvalue weighted by Gasteiger charge is 2.32. The first-order valence-corrected chi connectivity index (χ1v) is 6.48. The van der Waals surface area contributed by atoms with Crippen molar-refractivity contribution in [2.75, 3.05) is 0 Å².